The van der Waals surface area contributed by atoms with Gasteiger partial charge in [-0.2, -0.15) is 5.10 Å². The average molecular weight is 423 g/mol. The Morgan fingerprint density at radius 1 is 1.07 bits per heavy atom. The van der Waals surface area contributed by atoms with Gasteiger partial charge in [0, 0.05) is 36.6 Å². The van der Waals surface area contributed by atoms with Crippen LogP contribution in [-0.2, 0) is 6.54 Å². The number of benzene rings is 2. The maximum absolute atomic E-state index is 12.9. The number of nitrogens with zero attached hydrogens (tertiary/aromatic N) is 4. The van der Waals surface area contributed by atoms with Gasteiger partial charge in [-0.05, 0) is 24.3 Å². The number of nitrogens with one attached hydrogen (secondary N) is 2. The fourth-order valence-corrected chi connectivity index (χ4v) is 4.00. The molecule has 2 aromatic heterocycles. The van der Waals surface area contributed by atoms with E-state index in [0.717, 1.165) is 10.9 Å². The second kappa shape index (κ2) is 7.55. The van der Waals surface area contributed by atoms with Gasteiger partial charge < -0.3 is 9.88 Å². The van der Waals surface area contributed by atoms with Crippen LogP contribution in [0.1, 0.15) is 16.3 Å². The van der Waals surface area contributed by atoms with Crippen molar-refractivity contribution in [1.29, 1.82) is 0 Å². The maximum atomic E-state index is 12.9. The van der Waals surface area contributed by atoms with E-state index in [1.807, 2.05) is 29.2 Å². The largest absolute Gasteiger partial charge is 0.335 e. The van der Waals surface area contributed by atoms with Crippen molar-refractivity contribution in [2.45, 2.75) is 6.54 Å². The van der Waals surface area contributed by atoms with E-state index in [-0.39, 0.29) is 11.5 Å². The number of para-hydroxylation sites is 1. The summed E-state index contributed by atoms with van der Waals surface area (Å²) < 4.78 is 0. The number of halogens is 1. The predicted molar refractivity (Wildman–Crippen MR) is 115 cm³/mol. The monoisotopic (exact) mass is 422 g/mol. The topological polar surface area (TPSA) is 98.0 Å². The molecule has 4 aromatic rings. The number of piperazine rings is 1. The van der Waals surface area contributed by atoms with Gasteiger partial charge in [0.25, 0.3) is 11.5 Å². The van der Waals surface area contributed by atoms with Crippen LogP contribution < -0.4 is 5.56 Å². The minimum absolute atomic E-state index is 0.0683. The molecule has 9 heteroatoms. The van der Waals surface area contributed by atoms with Gasteiger partial charge >= 0.3 is 0 Å². The summed E-state index contributed by atoms with van der Waals surface area (Å²) in [6.45, 7) is 3.08. The lowest BCUT2D eigenvalue weighted by Gasteiger charge is -2.34. The minimum atomic E-state index is -0.197. The SMILES string of the molecule is O=C(c1n[nH]c2ccccc12)N1CCN(Cc2nc3ccc(Cl)cc3c(=O)[nH]2)CC1. The Kier molecular flexibility index (Phi) is 4.72. The summed E-state index contributed by atoms with van der Waals surface area (Å²) in [5, 5.41) is 8.95. The third kappa shape index (κ3) is 3.44. The van der Waals surface area contributed by atoms with Crippen molar-refractivity contribution >= 4 is 39.3 Å². The standard InChI is InChI=1S/C21H19ClN6O2/c22-13-5-6-16-15(11-13)20(29)24-18(23-16)12-27-7-9-28(10-8-27)21(30)19-14-3-1-2-4-17(14)25-26-19/h1-6,11H,7-10,12H2,(H,25,26)(H,23,24,29). The van der Waals surface area contributed by atoms with Gasteiger partial charge in [0.05, 0.1) is 23.0 Å². The van der Waals surface area contributed by atoms with Gasteiger partial charge in [-0.25, -0.2) is 4.98 Å². The van der Waals surface area contributed by atoms with Gasteiger partial charge in [0.2, 0.25) is 0 Å². The molecule has 3 heterocycles. The number of carbonyl (C=O) groups is 1. The van der Waals surface area contributed by atoms with E-state index >= 15 is 0 Å². The molecule has 152 valence electrons. The van der Waals surface area contributed by atoms with E-state index in [1.54, 1.807) is 18.2 Å². The lowest BCUT2D eigenvalue weighted by molar-refractivity contribution is 0.0621. The van der Waals surface area contributed by atoms with Crippen molar-refractivity contribution in [1.82, 2.24) is 30.0 Å². The van der Waals surface area contributed by atoms with Gasteiger partial charge in [-0.1, -0.05) is 29.8 Å². The summed E-state index contributed by atoms with van der Waals surface area (Å²) in [5.41, 5.74) is 1.74. The molecule has 0 spiro atoms. The normalized spacial score (nSPS) is 15.2. The van der Waals surface area contributed by atoms with Gasteiger partial charge in [0.15, 0.2) is 5.69 Å². The molecular weight excluding hydrogens is 404 g/mol. The third-order valence-corrected chi connectivity index (χ3v) is 5.66. The van der Waals surface area contributed by atoms with E-state index in [9.17, 15) is 9.59 Å². The summed E-state index contributed by atoms with van der Waals surface area (Å²) in [4.78, 5) is 36.6. The first-order chi connectivity index (χ1) is 14.6. The van der Waals surface area contributed by atoms with Crippen LogP contribution in [0.5, 0.6) is 0 Å². The molecule has 0 saturated carbocycles. The molecule has 0 atom stereocenters. The van der Waals surface area contributed by atoms with Crippen LogP contribution in [0.4, 0.5) is 0 Å². The van der Waals surface area contributed by atoms with E-state index in [0.29, 0.717) is 60.2 Å². The fraction of sp³-hybridized carbons (Fsp3) is 0.238. The highest BCUT2D eigenvalue weighted by Gasteiger charge is 2.25. The van der Waals surface area contributed by atoms with Crippen LogP contribution >= 0.6 is 11.6 Å². The zero-order chi connectivity index (χ0) is 20.7. The number of carbonyl (C=O) groups excluding carboxylic acids is 1. The first kappa shape index (κ1) is 18.8. The zero-order valence-electron chi connectivity index (χ0n) is 16.1. The van der Waals surface area contributed by atoms with Crippen LogP contribution in [0, 0.1) is 0 Å². The van der Waals surface area contributed by atoms with E-state index in [1.165, 1.54) is 0 Å². The van der Waals surface area contributed by atoms with E-state index in [2.05, 4.69) is 25.1 Å². The highest BCUT2D eigenvalue weighted by molar-refractivity contribution is 6.31. The first-order valence-corrected chi connectivity index (χ1v) is 10.1. The second-order valence-electron chi connectivity index (χ2n) is 7.36. The van der Waals surface area contributed by atoms with Crippen molar-refractivity contribution in [2.24, 2.45) is 0 Å². The van der Waals surface area contributed by atoms with Crippen LogP contribution in [0.3, 0.4) is 0 Å². The Morgan fingerprint density at radius 2 is 1.87 bits per heavy atom. The molecule has 2 aromatic carbocycles. The second-order valence-corrected chi connectivity index (χ2v) is 7.80. The van der Waals surface area contributed by atoms with Crippen LogP contribution in [0.15, 0.2) is 47.3 Å². The minimum Gasteiger partial charge on any atom is -0.335 e. The lowest BCUT2D eigenvalue weighted by atomic mass is 10.2. The Bertz CT molecular complexity index is 1310. The fourth-order valence-electron chi connectivity index (χ4n) is 3.83. The molecule has 0 aliphatic carbocycles. The molecule has 0 bridgehead atoms. The smallest absolute Gasteiger partial charge is 0.275 e. The molecule has 0 radical (unpaired) electrons. The Balaban J connectivity index is 1.27. The number of aromatic nitrogens is 4. The van der Waals surface area contributed by atoms with Gasteiger partial charge in [-0.15, -0.1) is 0 Å². The molecule has 1 amide bonds. The molecule has 1 aliphatic heterocycles. The molecule has 1 aliphatic rings. The van der Waals surface area contributed by atoms with Crippen molar-refractivity contribution in [3.8, 4) is 0 Å². The Morgan fingerprint density at radius 3 is 2.70 bits per heavy atom. The van der Waals surface area contributed by atoms with Crippen molar-refractivity contribution in [3.05, 3.63) is 69.4 Å². The highest BCUT2D eigenvalue weighted by Crippen LogP contribution is 2.18. The molecule has 30 heavy (non-hydrogen) atoms. The summed E-state index contributed by atoms with van der Waals surface area (Å²) in [7, 11) is 0. The predicted octanol–water partition coefficient (Wildman–Crippen LogP) is 2.41. The van der Waals surface area contributed by atoms with Crippen molar-refractivity contribution < 1.29 is 4.79 Å². The van der Waals surface area contributed by atoms with E-state index < -0.39 is 0 Å². The van der Waals surface area contributed by atoms with Crippen LogP contribution in [-0.4, -0.2) is 62.1 Å². The number of hydrogen-bond donors (Lipinski definition) is 2. The Hall–Kier alpha value is -3.23. The number of hydrogen-bond acceptors (Lipinski definition) is 5. The number of rotatable bonds is 3. The summed E-state index contributed by atoms with van der Waals surface area (Å²) >= 11 is 5.97. The van der Waals surface area contributed by atoms with Crippen LogP contribution in [0.25, 0.3) is 21.8 Å². The first-order valence-electron chi connectivity index (χ1n) is 9.72. The quantitative estimate of drug-likeness (QED) is 0.528. The number of aromatic amines is 2. The summed E-state index contributed by atoms with van der Waals surface area (Å²) in [5.74, 6) is 0.536. The molecule has 1 fully saturated rings. The molecule has 0 unspecified atom stereocenters. The molecule has 2 N–H and O–H groups in total. The molecule has 8 nitrogen and oxygen atoms in total. The van der Waals surface area contributed by atoms with Crippen LogP contribution in [0.2, 0.25) is 5.02 Å². The van der Waals surface area contributed by atoms with Crippen molar-refractivity contribution in [3.63, 3.8) is 0 Å². The lowest BCUT2D eigenvalue weighted by Crippen LogP contribution is -2.48. The number of H-pyrrole nitrogens is 2. The van der Waals surface area contributed by atoms with Gasteiger partial charge in [-0.3, -0.25) is 19.6 Å². The third-order valence-electron chi connectivity index (χ3n) is 5.42. The van der Waals surface area contributed by atoms with Crippen molar-refractivity contribution in [2.75, 3.05) is 26.2 Å². The number of amides is 1. The highest BCUT2D eigenvalue weighted by atomic mass is 35.5. The molecule has 5 rings (SSSR count). The van der Waals surface area contributed by atoms with Gasteiger partial charge in [0.1, 0.15) is 5.82 Å². The Labute approximate surface area is 176 Å². The average Bonchev–Trinajstić information content (AvgIpc) is 3.19. The maximum Gasteiger partial charge on any atom is 0.275 e. The number of fused-ring (bicyclic) bond motifs is 2. The molecular formula is C21H19ClN6O2. The zero-order valence-corrected chi connectivity index (χ0v) is 16.8. The summed E-state index contributed by atoms with van der Waals surface area (Å²) in [6.07, 6.45) is 0. The molecule has 1 saturated heterocycles. The van der Waals surface area contributed by atoms with E-state index in [4.69, 9.17) is 11.6 Å². The summed E-state index contributed by atoms with van der Waals surface area (Å²) in [6, 6.07) is 12.7.